The first-order chi connectivity index (χ1) is 10.6. The lowest BCUT2D eigenvalue weighted by Gasteiger charge is -2.12. The Morgan fingerprint density at radius 2 is 2.32 bits per heavy atom. The minimum atomic E-state index is -0.453. The zero-order valence-corrected chi connectivity index (χ0v) is 13.2. The number of amides is 1. The van der Waals surface area contributed by atoms with E-state index in [1.165, 1.54) is 11.3 Å². The number of thiophene rings is 1. The lowest BCUT2D eigenvalue weighted by Crippen LogP contribution is -2.22. The molecule has 8 heteroatoms. The van der Waals surface area contributed by atoms with Gasteiger partial charge in [0.15, 0.2) is 5.11 Å². The summed E-state index contributed by atoms with van der Waals surface area (Å²) < 4.78 is 5.42. The van der Waals surface area contributed by atoms with E-state index in [2.05, 4.69) is 15.6 Å². The van der Waals surface area contributed by atoms with Crippen molar-refractivity contribution in [2.24, 2.45) is 5.73 Å². The highest BCUT2D eigenvalue weighted by molar-refractivity contribution is 7.80. The summed E-state index contributed by atoms with van der Waals surface area (Å²) in [7, 11) is 0. The van der Waals surface area contributed by atoms with Crippen LogP contribution in [0.1, 0.15) is 20.8 Å². The molecule has 0 saturated heterocycles. The molecule has 0 aliphatic carbocycles. The quantitative estimate of drug-likeness (QED) is 0.745. The number of fused-ring (bicyclic) bond motifs is 1. The van der Waals surface area contributed by atoms with Crippen LogP contribution in [0.25, 0.3) is 0 Å². The number of rotatable bonds is 3. The highest BCUT2D eigenvalue weighted by Gasteiger charge is 2.24. The number of thiocarbonyl (C=S) groups is 1. The van der Waals surface area contributed by atoms with Crippen LogP contribution in [0, 0.1) is 0 Å². The van der Waals surface area contributed by atoms with Gasteiger partial charge in [-0.3, -0.25) is 9.78 Å². The fourth-order valence-corrected chi connectivity index (χ4v) is 3.76. The van der Waals surface area contributed by atoms with E-state index in [1.807, 2.05) is 6.07 Å². The van der Waals surface area contributed by atoms with Crippen LogP contribution in [0.5, 0.6) is 0 Å². The molecule has 2 aromatic heterocycles. The normalized spacial score (nSPS) is 13.3. The van der Waals surface area contributed by atoms with Gasteiger partial charge in [-0.2, -0.15) is 0 Å². The third kappa shape index (κ3) is 3.08. The Balaban J connectivity index is 1.81. The van der Waals surface area contributed by atoms with E-state index < -0.39 is 5.91 Å². The van der Waals surface area contributed by atoms with Gasteiger partial charge in [0.1, 0.15) is 5.00 Å². The van der Waals surface area contributed by atoms with E-state index in [1.54, 1.807) is 18.5 Å². The molecule has 4 N–H and O–H groups in total. The molecule has 3 rings (SSSR count). The summed E-state index contributed by atoms with van der Waals surface area (Å²) in [6, 6.07) is 3.66. The van der Waals surface area contributed by atoms with Crippen LogP contribution in [-0.4, -0.2) is 22.6 Å². The van der Waals surface area contributed by atoms with Gasteiger partial charge in [0, 0.05) is 11.1 Å². The predicted molar refractivity (Wildman–Crippen MR) is 90.3 cm³/mol. The minimum Gasteiger partial charge on any atom is -0.376 e. The van der Waals surface area contributed by atoms with Crippen molar-refractivity contribution >= 4 is 45.3 Å². The van der Waals surface area contributed by atoms with E-state index in [-0.39, 0.29) is 0 Å². The van der Waals surface area contributed by atoms with Crippen molar-refractivity contribution in [2.45, 2.75) is 13.0 Å². The van der Waals surface area contributed by atoms with Gasteiger partial charge in [-0.05, 0) is 36.3 Å². The smallest absolute Gasteiger partial charge is 0.251 e. The number of primary amides is 1. The second kappa shape index (κ2) is 6.39. The molecule has 0 radical (unpaired) electrons. The first-order valence-corrected chi connectivity index (χ1v) is 7.87. The topological polar surface area (TPSA) is 89.3 Å². The highest BCUT2D eigenvalue weighted by Crippen LogP contribution is 2.36. The van der Waals surface area contributed by atoms with E-state index in [0.29, 0.717) is 35.3 Å². The maximum atomic E-state index is 11.8. The maximum absolute atomic E-state index is 11.8. The average Bonchev–Trinajstić information content (AvgIpc) is 2.85. The number of nitrogens with one attached hydrogen (secondary N) is 2. The Bertz CT molecular complexity index is 715. The number of nitrogens with zero attached hydrogens (tertiary/aromatic N) is 1. The van der Waals surface area contributed by atoms with Gasteiger partial charge in [-0.15, -0.1) is 11.3 Å². The fourth-order valence-electron chi connectivity index (χ4n) is 2.28. The van der Waals surface area contributed by atoms with Crippen molar-refractivity contribution in [3.05, 3.63) is 40.5 Å². The van der Waals surface area contributed by atoms with Crippen molar-refractivity contribution in [2.75, 3.05) is 17.2 Å². The molecule has 0 saturated carbocycles. The largest absolute Gasteiger partial charge is 0.376 e. The summed E-state index contributed by atoms with van der Waals surface area (Å²) in [5.41, 5.74) is 7.77. The predicted octanol–water partition coefficient (Wildman–Crippen LogP) is 2.12. The molecule has 1 aliphatic heterocycles. The van der Waals surface area contributed by atoms with Gasteiger partial charge in [-0.1, -0.05) is 0 Å². The Hall–Kier alpha value is -2.03. The fraction of sp³-hybridized carbons (Fsp3) is 0.214. The van der Waals surface area contributed by atoms with Crippen molar-refractivity contribution in [3.63, 3.8) is 0 Å². The van der Waals surface area contributed by atoms with Crippen LogP contribution >= 0.6 is 23.6 Å². The zero-order chi connectivity index (χ0) is 15.5. The lowest BCUT2D eigenvalue weighted by atomic mass is 10.1. The Morgan fingerprint density at radius 1 is 1.45 bits per heavy atom. The average molecular weight is 334 g/mol. The summed E-state index contributed by atoms with van der Waals surface area (Å²) in [6.07, 6.45) is 4.03. The zero-order valence-electron chi connectivity index (χ0n) is 11.6. The first-order valence-electron chi connectivity index (χ1n) is 6.65. The van der Waals surface area contributed by atoms with E-state index in [4.69, 9.17) is 22.7 Å². The Morgan fingerprint density at radius 3 is 3.05 bits per heavy atom. The number of anilines is 2. The van der Waals surface area contributed by atoms with E-state index >= 15 is 0 Å². The molecule has 0 unspecified atom stereocenters. The van der Waals surface area contributed by atoms with Crippen LogP contribution in [0.4, 0.5) is 10.7 Å². The van der Waals surface area contributed by atoms with Gasteiger partial charge in [0.25, 0.3) is 5.91 Å². The summed E-state index contributed by atoms with van der Waals surface area (Å²) >= 11 is 6.73. The second-order valence-corrected chi connectivity index (χ2v) is 6.21. The summed E-state index contributed by atoms with van der Waals surface area (Å²) in [5, 5.41) is 7.11. The molecule has 0 atom stereocenters. The molecular weight excluding hydrogens is 320 g/mol. The maximum Gasteiger partial charge on any atom is 0.251 e. The number of carbonyl (C=O) groups is 1. The lowest BCUT2D eigenvalue weighted by molar-refractivity contribution is 0.0991. The van der Waals surface area contributed by atoms with Crippen LogP contribution in [0.3, 0.4) is 0 Å². The molecular formula is C14H14N4O2S2. The summed E-state index contributed by atoms with van der Waals surface area (Å²) in [4.78, 5) is 16.8. The molecule has 0 aromatic carbocycles. The molecule has 22 heavy (non-hydrogen) atoms. The number of pyridine rings is 1. The molecule has 0 bridgehead atoms. The van der Waals surface area contributed by atoms with Gasteiger partial charge in [0.2, 0.25) is 0 Å². The Kier molecular flexibility index (Phi) is 4.32. The van der Waals surface area contributed by atoms with Crippen LogP contribution < -0.4 is 16.4 Å². The molecule has 3 heterocycles. The molecule has 0 spiro atoms. The number of carbonyl (C=O) groups excluding carboxylic acids is 1. The van der Waals surface area contributed by atoms with Crippen molar-refractivity contribution < 1.29 is 9.53 Å². The van der Waals surface area contributed by atoms with E-state index in [0.717, 1.165) is 16.1 Å². The Labute approximate surface area is 136 Å². The van der Waals surface area contributed by atoms with Gasteiger partial charge in [0.05, 0.1) is 30.7 Å². The van der Waals surface area contributed by atoms with Crippen molar-refractivity contribution in [1.82, 2.24) is 4.98 Å². The number of hydrogen-bond donors (Lipinski definition) is 3. The minimum absolute atomic E-state index is 0.384. The molecule has 6 nitrogen and oxygen atoms in total. The highest BCUT2D eigenvalue weighted by atomic mass is 32.1. The molecule has 1 aliphatic rings. The third-order valence-corrected chi connectivity index (χ3v) is 4.54. The summed E-state index contributed by atoms with van der Waals surface area (Å²) in [6.45, 7) is 1.10. The van der Waals surface area contributed by atoms with Crippen molar-refractivity contribution in [1.29, 1.82) is 0 Å². The van der Waals surface area contributed by atoms with Crippen LogP contribution in [0.15, 0.2) is 24.5 Å². The second-order valence-electron chi connectivity index (χ2n) is 4.70. The standard InChI is InChI=1S/C14H14N4O2S2/c15-12(19)11-9-3-5-20-7-10(9)22-13(11)18-14(21)17-8-2-1-4-16-6-8/h1-2,4,6H,3,5,7H2,(H2,15,19)(H2,17,18,21). The third-order valence-electron chi connectivity index (χ3n) is 3.21. The molecule has 1 amide bonds. The van der Waals surface area contributed by atoms with Gasteiger partial charge < -0.3 is 21.1 Å². The molecule has 0 fully saturated rings. The number of nitrogens with two attached hydrogens (primary N) is 1. The molecule has 114 valence electrons. The van der Waals surface area contributed by atoms with Gasteiger partial charge in [-0.25, -0.2) is 0 Å². The van der Waals surface area contributed by atoms with Gasteiger partial charge >= 0.3 is 0 Å². The van der Waals surface area contributed by atoms with Crippen molar-refractivity contribution in [3.8, 4) is 0 Å². The monoisotopic (exact) mass is 334 g/mol. The van der Waals surface area contributed by atoms with E-state index in [9.17, 15) is 4.79 Å². The first kappa shape index (κ1) is 14.9. The summed E-state index contributed by atoms with van der Waals surface area (Å²) in [5.74, 6) is -0.453. The SMILES string of the molecule is NC(=O)c1c(NC(=S)Nc2cccnc2)sc2c1CCOC2. The number of aromatic nitrogens is 1. The number of hydrogen-bond acceptors (Lipinski definition) is 5. The van der Waals surface area contributed by atoms with Crippen LogP contribution in [-0.2, 0) is 17.8 Å². The number of ether oxygens (including phenoxy) is 1. The van der Waals surface area contributed by atoms with Crippen LogP contribution in [0.2, 0.25) is 0 Å². The molecule has 2 aromatic rings.